The first kappa shape index (κ1) is 13.8. The number of hydrogen-bond acceptors (Lipinski definition) is 2. The van der Waals surface area contributed by atoms with Crippen molar-refractivity contribution in [3.05, 3.63) is 71.8 Å². The minimum absolute atomic E-state index is 0.223. The molecule has 0 aliphatic heterocycles. The van der Waals surface area contributed by atoms with E-state index in [0.717, 1.165) is 46.0 Å². The lowest BCUT2D eigenvalue weighted by Gasteiger charge is -2.00. The summed E-state index contributed by atoms with van der Waals surface area (Å²) in [4.78, 5) is 7.94. The van der Waals surface area contributed by atoms with Crippen molar-refractivity contribution in [2.45, 2.75) is 12.8 Å². The lowest BCUT2D eigenvalue weighted by molar-refractivity contribution is 0.482. The van der Waals surface area contributed by atoms with Gasteiger partial charge in [-0.05, 0) is 24.1 Å². The predicted octanol–water partition coefficient (Wildman–Crippen LogP) is 4.35. The average molecular weight is 306 g/mol. The Morgan fingerprint density at radius 2 is 1.70 bits per heavy atom. The fourth-order valence-corrected chi connectivity index (χ4v) is 2.91. The third-order valence-electron chi connectivity index (χ3n) is 4.08. The molecule has 3 aromatic carbocycles. The summed E-state index contributed by atoms with van der Waals surface area (Å²) in [6, 6.07) is 15.9. The summed E-state index contributed by atoms with van der Waals surface area (Å²) in [5.41, 5.74) is 2.77. The summed E-state index contributed by atoms with van der Waals surface area (Å²) < 4.78 is 12.9. The number of phenols is 1. The number of halogens is 1. The maximum absolute atomic E-state index is 12.9. The molecule has 0 atom stereocenters. The molecule has 0 saturated heterocycles. The van der Waals surface area contributed by atoms with Crippen molar-refractivity contribution in [1.82, 2.24) is 9.97 Å². The first-order valence-electron chi connectivity index (χ1n) is 7.54. The van der Waals surface area contributed by atoms with Gasteiger partial charge in [-0.2, -0.15) is 0 Å². The monoisotopic (exact) mass is 306 g/mol. The number of phenolic OH excluding ortho intramolecular Hbond substituents is 1. The summed E-state index contributed by atoms with van der Waals surface area (Å²) in [6.07, 6.45) is 1.51. The van der Waals surface area contributed by atoms with Gasteiger partial charge in [-0.15, -0.1) is 0 Å². The fraction of sp³-hybridized carbons (Fsp3) is 0.105. The van der Waals surface area contributed by atoms with Crippen LogP contribution in [-0.2, 0) is 12.8 Å². The first-order valence-corrected chi connectivity index (χ1v) is 7.54. The van der Waals surface area contributed by atoms with Crippen molar-refractivity contribution in [3.8, 4) is 5.75 Å². The van der Waals surface area contributed by atoms with Gasteiger partial charge < -0.3 is 10.1 Å². The third kappa shape index (κ3) is 2.52. The molecule has 0 amide bonds. The molecule has 0 spiro atoms. The highest BCUT2D eigenvalue weighted by Gasteiger charge is 2.10. The molecule has 0 bridgehead atoms. The van der Waals surface area contributed by atoms with Gasteiger partial charge in [0.15, 0.2) is 0 Å². The number of H-pyrrole nitrogens is 1. The molecule has 4 heteroatoms. The zero-order chi connectivity index (χ0) is 15.8. The molecular formula is C19H15FN2O. The van der Waals surface area contributed by atoms with Gasteiger partial charge in [0.25, 0.3) is 0 Å². The minimum atomic E-state index is -0.223. The number of hydrogen-bond donors (Lipinski definition) is 2. The molecule has 114 valence electrons. The molecule has 1 heterocycles. The zero-order valence-electron chi connectivity index (χ0n) is 12.4. The number of nitrogens with one attached hydrogen (secondary N) is 1. The lowest BCUT2D eigenvalue weighted by atomic mass is 10.1. The molecule has 1 aromatic heterocycles. The Morgan fingerprint density at radius 1 is 0.957 bits per heavy atom. The molecule has 0 unspecified atom stereocenters. The number of aryl methyl sites for hydroxylation is 2. The van der Waals surface area contributed by atoms with E-state index in [-0.39, 0.29) is 11.6 Å². The van der Waals surface area contributed by atoms with E-state index in [1.54, 1.807) is 18.2 Å². The number of aromatic amines is 1. The number of fused-ring (bicyclic) bond motifs is 3. The molecule has 0 aliphatic rings. The lowest BCUT2D eigenvalue weighted by Crippen LogP contribution is -1.93. The Hall–Kier alpha value is -2.88. The smallest absolute Gasteiger partial charge is 0.125 e. The van der Waals surface area contributed by atoms with Gasteiger partial charge in [-0.3, -0.25) is 0 Å². The van der Waals surface area contributed by atoms with Gasteiger partial charge in [0.05, 0.1) is 11.0 Å². The van der Waals surface area contributed by atoms with Gasteiger partial charge in [0.1, 0.15) is 17.4 Å². The standard InChI is InChI=1S/C19H15FN2O/c20-13-8-5-12(6-9-13)7-10-18-21-16-11-17(23)14-3-1-2-4-15(14)19(16)22-18/h1-6,8-9,11,23H,7,10H2,(H,21,22). The van der Waals surface area contributed by atoms with Crippen LogP contribution < -0.4 is 0 Å². The Balaban J connectivity index is 1.68. The summed E-state index contributed by atoms with van der Waals surface area (Å²) in [6.45, 7) is 0. The number of benzene rings is 3. The van der Waals surface area contributed by atoms with E-state index < -0.39 is 0 Å². The Kier molecular flexibility index (Phi) is 3.23. The molecule has 3 nitrogen and oxygen atoms in total. The van der Waals surface area contributed by atoms with Crippen LogP contribution in [0.2, 0.25) is 0 Å². The van der Waals surface area contributed by atoms with E-state index in [9.17, 15) is 9.50 Å². The van der Waals surface area contributed by atoms with Crippen molar-refractivity contribution in [1.29, 1.82) is 0 Å². The van der Waals surface area contributed by atoms with Crippen LogP contribution in [0.1, 0.15) is 11.4 Å². The summed E-state index contributed by atoms with van der Waals surface area (Å²) in [7, 11) is 0. The molecule has 4 rings (SSSR count). The average Bonchev–Trinajstić information content (AvgIpc) is 2.98. The zero-order valence-corrected chi connectivity index (χ0v) is 12.4. The second kappa shape index (κ2) is 5.39. The van der Waals surface area contributed by atoms with Crippen molar-refractivity contribution in [2.24, 2.45) is 0 Å². The quantitative estimate of drug-likeness (QED) is 0.591. The maximum atomic E-state index is 12.9. The van der Waals surface area contributed by atoms with Crippen molar-refractivity contribution < 1.29 is 9.50 Å². The van der Waals surface area contributed by atoms with Crippen LogP contribution in [0.5, 0.6) is 5.75 Å². The minimum Gasteiger partial charge on any atom is -0.507 e. The molecule has 0 radical (unpaired) electrons. The van der Waals surface area contributed by atoms with Gasteiger partial charge in [-0.25, -0.2) is 9.37 Å². The molecule has 2 N–H and O–H groups in total. The number of rotatable bonds is 3. The van der Waals surface area contributed by atoms with E-state index >= 15 is 0 Å². The van der Waals surface area contributed by atoms with Crippen LogP contribution in [0.3, 0.4) is 0 Å². The first-order chi connectivity index (χ1) is 11.2. The highest BCUT2D eigenvalue weighted by Crippen LogP contribution is 2.31. The van der Waals surface area contributed by atoms with E-state index in [4.69, 9.17) is 0 Å². The highest BCUT2D eigenvalue weighted by atomic mass is 19.1. The van der Waals surface area contributed by atoms with Gasteiger partial charge in [-0.1, -0.05) is 36.4 Å². The third-order valence-corrected chi connectivity index (χ3v) is 4.08. The SMILES string of the molecule is Oc1cc2[nH]c(CCc3ccc(F)cc3)nc2c2ccccc12. The van der Waals surface area contributed by atoms with E-state index in [1.165, 1.54) is 12.1 Å². The summed E-state index contributed by atoms with van der Waals surface area (Å²) >= 11 is 0. The van der Waals surface area contributed by atoms with Crippen LogP contribution >= 0.6 is 0 Å². The summed E-state index contributed by atoms with van der Waals surface area (Å²) in [5.74, 6) is 0.890. The highest BCUT2D eigenvalue weighted by molar-refractivity contribution is 6.07. The Morgan fingerprint density at radius 3 is 2.48 bits per heavy atom. The Bertz CT molecular complexity index is 990. The normalized spacial score (nSPS) is 11.3. The van der Waals surface area contributed by atoms with E-state index in [1.807, 2.05) is 24.3 Å². The Labute approximate surface area is 132 Å². The van der Waals surface area contributed by atoms with E-state index in [0.29, 0.717) is 0 Å². The van der Waals surface area contributed by atoms with Crippen molar-refractivity contribution >= 4 is 21.8 Å². The number of nitrogens with zero attached hydrogens (tertiary/aromatic N) is 1. The molecular weight excluding hydrogens is 291 g/mol. The van der Waals surface area contributed by atoms with Gasteiger partial charge in [0.2, 0.25) is 0 Å². The largest absolute Gasteiger partial charge is 0.507 e. The molecule has 0 aliphatic carbocycles. The molecule has 0 saturated carbocycles. The second-order valence-corrected chi connectivity index (χ2v) is 5.65. The van der Waals surface area contributed by atoms with Gasteiger partial charge in [0, 0.05) is 23.3 Å². The topological polar surface area (TPSA) is 48.9 Å². The van der Waals surface area contributed by atoms with Crippen molar-refractivity contribution in [3.63, 3.8) is 0 Å². The molecule has 0 fully saturated rings. The number of imidazole rings is 1. The predicted molar refractivity (Wildman–Crippen MR) is 89.1 cm³/mol. The van der Waals surface area contributed by atoms with Crippen molar-refractivity contribution in [2.75, 3.05) is 0 Å². The van der Waals surface area contributed by atoms with Crippen LogP contribution in [-0.4, -0.2) is 15.1 Å². The second-order valence-electron chi connectivity index (χ2n) is 5.65. The van der Waals surface area contributed by atoms with Crippen LogP contribution in [0.15, 0.2) is 54.6 Å². The molecule has 23 heavy (non-hydrogen) atoms. The van der Waals surface area contributed by atoms with Crippen LogP contribution in [0.4, 0.5) is 4.39 Å². The fourth-order valence-electron chi connectivity index (χ4n) is 2.91. The van der Waals surface area contributed by atoms with Crippen LogP contribution in [0.25, 0.3) is 21.8 Å². The molecule has 4 aromatic rings. The van der Waals surface area contributed by atoms with Gasteiger partial charge >= 0.3 is 0 Å². The van der Waals surface area contributed by atoms with Crippen LogP contribution in [0, 0.1) is 5.82 Å². The number of aromatic hydroxyl groups is 1. The van der Waals surface area contributed by atoms with E-state index in [2.05, 4.69) is 9.97 Å². The maximum Gasteiger partial charge on any atom is 0.125 e. The number of aromatic nitrogens is 2. The summed E-state index contributed by atoms with van der Waals surface area (Å²) in [5, 5.41) is 11.9.